The van der Waals surface area contributed by atoms with E-state index in [1.54, 1.807) is 6.07 Å². The Bertz CT molecular complexity index is 347. The third-order valence-electron chi connectivity index (χ3n) is 2.06. The van der Waals surface area contributed by atoms with Gasteiger partial charge in [0.1, 0.15) is 11.9 Å². The second-order valence-corrected chi connectivity index (χ2v) is 3.05. The molecule has 0 unspecified atom stereocenters. The number of nitrogen functional groups attached to an aromatic ring is 1. The molecule has 3 nitrogen and oxygen atoms in total. The second-order valence-electron chi connectivity index (χ2n) is 3.05. The predicted octanol–water partition coefficient (Wildman–Crippen LogP) is 1.41. The molecular weight excluding hydrogens is 150 g/mol. The molecule has 0 aromatic carbocycles. The van der Waals surface area contributed by atoms with E-state index in [2.05, 4.69) is 4.98 Å². The van der Waals surface area contributed by atoms with E-state index < -0.39 is 0 Å². The lowest BCUT2D eigenvalue weighted by atomic mass is 10.2. The average Bonchev–Trinajstić information content (AvgIpc) is 2.86. The van der Waals surface area contributed by atoms with Gasteiger partial charge in [0.15, 0.2) is 0 Å². The SMILES string of the molecule is N#Cc1ccc(C2CC2)nc1N. The van der Waals surface area contributed by atoms with E-state index in [0.29, 0.717) is 17.3 Å². The fourth-order valence-electron chi connectivity index (χ4n) is 1.19. The van der Waals surface area contributed by atoms with Crippen LogP contribution in [0.5, 0.6) is 0 Å². The van der Waals surface area contributed by atoms with Gasteiger partial charge in [0.2, 0.25) is 0 Å². The van der Waals surface area contributed by atoms with Crippen molar-refractivity contribution in [3.63, 3.8) is 0 Å². The molecule has 2 N–H and O–H groups in total. The van der Waals surface area contributed by atoms with Crippen molar-refractivity contribution in [2.45, 2.75) is 18.8 Å². The number of hydrogen-bond donors (Lipinski definition) is 1. The first-order valence-corrected chi connectivity index (χ1v) is 3.98. The summed E-state index contributed by atoms with van der Waals surface area (Å²) >= 11 is 0. The lowest BCUT2D eigenvalue weighted by molar-refractivity contribution is 1.03. The molecule has 2 rings (SSSR count). The fraction of sp³-hybridized carbons (Fsp3) is 0.333. The van der Waals surface area contributed by atoms with Gasteiger partial charge in [0.25, 0.3) is 0 Å². The van der Waals surface area contributed by atoms with Crippen LogP contribution >= 0.6 is 0 Å². The number of aromatic nitrogens is 1. The number of hydrogen-bond acceptors (Lipinski definition) is 3. The van der Waals surface area contributed by atoms with Crippen molar-refractivity contribution in [2.24, 2.45) is 0 Å². The molecule has 0 spiro atoms. The minimum Gasteiger partial charge on any atom is -0.383 e. The van der Waals surface area contributed by atoms with Crippen LogP contribution in [0.2, 0.25) is 0 Å². The maximum atomic E-state index is 8.59. The number of pyridine rings is 1. The van der Waals surface area contributed by atoms with Gasteiger partial charge < -0.3 is 5.73 Å². The summed E-state index contributed by atoms with van der Waals surface area (Å²) in [5.41, 5.74) is 7.07. The number of nitrogens with zero attached hydrogens (tertiary/aromatic N) is 2. The van der Waals surface area contributed by atoms with E-state index in [1.165, 1.54) is 12.8 Å². The van der Waals surface area contributed by atoms with Crippen molar-refractivity contribution in [3.05, 3.63) is 23.4 Å². The van der Waals surface area contributed by atoms with E-state index in [1.807, 2.05) is 12.1 Å². The van der Waals surface area contributed by atoms with Crippen molar-refractivity contribution in [1.82, 2.24) is 4.98 Å². The quantitative estimate of drug-likeness (QED) is 0.673. The van der Waals surface area contributed by atoms with Crippen molar-refractivity contribution in [2.75, 3.05) is 5.73 Å². The molecule has 1 aliphatic rings. The topological polar surface area (TPSA) is 62.7 Å². The zero-order chi connectivity index (χ0) is 8.55. The molecule has 3 heteroatoms. The predicted molar refractivity (Wildman–Crippen MR) is 45.3 cm³/mol. The molecule has 0 bridgehead atoms. The van der Waals surface area contributed by atoms with Crippen molar-refractivity contribution in [3.8, 4) is 6.07 Å². The first-order valence-electron chi connectivity index (χ1n) is 3.98. The summed E-state index contributed by atoms with van der Waals surface area (Å²) in [5, 5.41) is 8.59. The van der Waals surface area contributed by atoms with Crippen molar-refractivity contribution in [1.29, 1.82) is 5.26 Å². The van der Waals surface area contributed by atoms with Crippen LogP contribution in [0.1, 0.15) is 30.0 Å². The molecule has 0 atom stereocenters. The van der Waals surface area contributed by atoms with Crippen LogP contribution in [0.3, 0.4) is 0 Å². The lowest BCUT2D eigenvalue weighted by Gasteiger charge is -1.99. The molecular formula is C9H9N3. The largest absolute Gasteiger partial charge is 0.383 e. The van der Waals surface area contributed by atoms with Crippen LogP contribution in [-0.2, 0) is 0 Å². The van der Waals surface area contributed by atoms with Gasteiger partial charge in [-0.25, -0.2) is 4.98 Å². The fourth-order valence-corrected chi connectivity index (χ4v) is 1.19. The van der Waals surface area contributed by atoms with Crippen LogP contribution in [0.15, 0.2) is 12.1 Å². The Balaban J connectivity index is 2.38. The van der Waals surface area contributed by atoms with Gasteiger partial charge >= 0.3 is 0 Å². The zero-order valence-electron chi connectivity index (χ0n) is 6.62. The maximum absolute atomic E-state index is 8.59. The average molecular weight is 159 g/mol. The first-order chi connectivity index (χ1) is 5.81. The second kappa shape index (κ2) is 2.49. The van der Waals surface area contributed by atoms with Crippen LogP contribution < -0.4 is 5.73 Å². The van der Waals surface area contributed by atoms with E-state index in [4.69, 9.17) is 11.0 Å². The van der Waals surface area contributed by atoms with E-state index in [0.717, 1.165) is 5.69 Å². The highest BCUT2D eigenvalue weighted by atomic mass is 14.9. The Morgan fingerprint density at radius 3 is 2.75 bits per heavy atom. The van der Waals surface area contributed by atoms with Gasteiger partial charge in [0, 0.05) is 11.6 Å². The zero-order valence-corrected chi connectivity index (χ0v) is 6.62. The summed E-state index contributed by atoms with van der Waals surface area (Å²) in [7, 11) is 0. The monoisotopic (exact) mass is 159 g/mol. The molecule has 1 aromatic rings. The van der Waals surface area contributed by atoms with Gasteiger partial charge in [0.05, 0.1) is 5.56 Å². The third-order valence-corrected chi connectivity index (χ3v) is 2.06. The Morgan fingerprint density at radius 2 is 2.25 bits per heavy atom. The molecule has 1 fully saturated rings. The van der Waals surface area contributed by atoms with E-state index >= 15 is 0 Å². The third kappa shape index (κ3) is 1.12. The Kier molecular flexibility index (Phi) is 1.47. The molecule has 0 amide bonds. The molecule has 0 aliphatic heterocycles. The molecule has 0 radical (unpaired) electrons. The lowest BCUT2D eigenvalue weighted by Crippen LogP contribution is -1.97. The molecule has 12 heavy (non-hydrogen) atoms. The first kappa shape index (κ1) is 7.11. The number of nitriles is 1. The van der Waals surface area contributed by atoms with Crippen LogP contribution in [0.4, 0.5) is 5.82 Å². The molecule has 60 valence electrons. The number of nitrogens with two attached hydrogens (primary N) is 1. The summed E-state index contributed by atoms with van der Waals surface area (Å²) in [6, 6.07) is 5.64. The summed E-state index contributed by atoms with van der Waals surface area (Å²) in [4.78, 5) is 4.16. The highest BCUT2D eigenvalue weighted by molar-refractivity contribution is 5.49. The Hall–Kier alpha value is -1.56. The molecule has 1 aromatic heterocycles. The van der Waals surface area contributed by atoms with E-state index in [-0.39, 0.29) is 0 Å². The van der Waals surface area contributed by atoms with Crippen LogP contribution in [0, 0.1) is 11.3 Å². The van der Waals surface area contributed by atoms with Gasteiger partial charge in [-0.3, -0.25) is 0 Å². The normalized spacial score (nSPS) is 15.6. The van der Waals surface area contributed by atoms with Gasteiger partial charge in [-0.15, -0.1) is 0 Å². The van der Waals surface area contributed by atoms with Crippen molar-refractivity contribution < 1.29 is 0 Å². The number of anilines is 1. The molecule has 1 aliphatic carbocycles. The highest BCUT2D eigenvalue weighted by Crippen LogP contribution is 2.39. The van der Waals surface area contributed by atoms with Crippen LogP contribution in [-0.4, -0.2) is 4.98 Å². The number of rotatable bonds is 1. The molecule has 1 saturated carbocycles. The molecule has 1 heterocycles. The Labute approximate surface area is 70.8 Å². The van der Waals surface area contributed by atoms with Gasteiger partial charge in [-0.05, 0) is 25.0 Å². The van der Waals surface area contributed by atoms with Gasteiger partial charge in [-0.1, -0.05) is 0 Å². The summed E-state index contributed by atoms with van der Waals surface area (Å²) in [5.74, 6) is 0.960. The van der Waals surface area contributed by atoms with Crippen LogP contribution in [0.25, 0.3) is 0 Å². The minimum absolute atomic E-state index is 0.363. The van der Waals surface area contributed by atoms with Crippen molar-refractivity contribution >= 4 is 5.82 Å². The smallest absolute Gasteiger partial charge is 0.141 e. The highest BCUT2D eigenvalue weighted by Gasteiger charge is 2.25. The summed E-state index contributed by atoms with van der Waals surface area (Å²) in [6.45, 7) is 0. The summed E-state index contributed by atoms with van der Waals surface area (Å²) < 4.78 is 0. The van der Waals surface area contributed by atoms with E-state index in [9.17, 15) is 0 Å². The minimum atomic E-state index is 0.363. The summed E-state index contributed by atoms with van der Waals surface area (Å²) in [6.07, 6.45) is 2.41. The molecule has 0 saturated heterocycles. The maximum Gasteiger partial charge on any atom is 0.141 e. The standard InChI is InChI=1S/C9H9N3/c10-5-7-3-4-8(6-1-2-6)12-9(7)11/h3-4,6H,1-2H2,(H2,11,12). The Morgan fingerprint density at radius 1 is 1.50 bits per heavy atom. The van der Waals surface area contributed by atoms with Gasteiger partial charge in [-0.2, -0.15) is 5.26 Å².